The molecule has 6 heteroatoms. The number of rotatable bonds is 6. The van der Waals surface area contributed by atoms with E-state index in [0.29, 0.717) is 19.6 Å². The van der Waals surface area contributed by atoms with Crippen LogP contribution in [0, 0.1) is 5.92 Å². The Morgan fingerprint density at radius 3 is 2.72 bits per heavy atom. The molecule has 1 aliphatic carbocycles. The molecule has 1 atom stereocenters. The Morgan fingerprint density at radius 2 is 2.00 bits per heavy atom. The molecule has 0 fully saturated rings. The molecule has 0 saturated carbocycles. The highest BCUT2D eigenvalue weighted by atomic mass is 16.5. The normalized spacial score (nSPS) is 15.2. The summed E-state index contributed by atoms with van der Waals surface area (Å²) in [5.41, 5.74) is 4.39. The SMILES string of the molecule is COCCNC(=O)C1C=c2c(-c3ccc(-c4cnn(C)c4)cc3)ccnc2=CC1. The first kappa shape index (κ1) is 19.1. The van der Waals surface area contributed by atoms with E-state index in [-0.39, 0.29) is 11.8 Å². The van der Waals surface area contributed by atoms with Gasteiger partial charge in [0.15, 0.2) is 0 Å². The van der Waals surface area contributed by atoms with Crippen molar-refractivity contribution in [1.29, 1.82) is 0 Å². The van der Waals surface area contributed by atoms with Crippen LogP contribution in [0.25, 0.3) is 34.4 Å². The Morgan fingerprint density at radius 1 is 1.21 bits per heavy atom. The number of benzene rings is 1. The quantitative estimate of drug-likeness (QED) is 0.650. The second-order valence-corrected chi connectivity index (χ2v) is 7.13. The third kappa shape index (κ3) is 4.12. The summed E-state index contributed by atoms with van der Waals surface area (Å²) in [6.07, 6.45) is 10.4. The molecule has 0 bridgehead atoms. The third-order valence-corrected chi connectivity index (χ3v) is 5.13. The van der Waals surface area contributed by atoms with Gasteiger partial charge >= 0.3 is 0 Å². The van der Waals surface area contributed by atoms with Gasteiger partial charge in [-0.1, -0.05) is 36.4 Å². The van der Waals surface area contributed by atoms with E-state index in [0.717, 1.165) is 32.8 Å². The molecule has 1 aromatic carbocycles. The molecule has 1 aliphatic rings. The van der Waals surface area contributed by atoms with Gasteiger partial charge in [-0.05, 0) is 29.2 Å². The molecule has 0 aliphatic heterocycles. The summed E-state index contributed by atoms with van der Waals surface area (Å²) in [6, 6.07) is 10.4. The van der Waals surface area contributed by atoms with Crippen LogP contribution in [0.3, 0.4) is 0 Å². The molecule has 1 amide bonds. The molecule has 0 saturated heterocycles. The molecule has 2 heterocycles. The van der Waals surface area contributed by atoms with Gasteiger partial charge in [0.25, 0.3) is 0 Å². The maximum absolute atomic E-state index is 12.5. The van der Waals surface area contributed by atoms with Crippen LogP contribution < -0.4 is 15.9 Å². The Balaban J connectivity index is 1.65. The molecule has 6 nitrogen and oxygen atoms in total. The number of hydrogen-bond acceptors (Lipinski definition) is 4. The van der Waals surface area contributed by atoms with Crippen LogP contribution in [0.4, 0.5) is 0 Å². The van der Waals surface area contributed by atoms with E-state index in [1.54, 1.807) is 11.8 Å². The number of ether oxygens (including phenoxy) is 1. The Labute approximate surface area is 169 Å². The van der Waals surface area contributed by atoms with Gasteiger partial charge < -0.3 is 10.1 Å². The standard InChI is InChI=1S/C23H24N4O2/c1-27-15-19(14-26-27)16-3-5-17(6-4-16)20-9-10-24-22-8-7-18(13-21(20)22)23(28)25-11-12-29-2/h3-6,8-10,13-15,18H,7,11-12H2,1-2H3,(H,25,28). The van der Waals surface area contributed by atoms with Gasteiger partial charge in [0.1, 0.15) is 0 Å². The molecule has 148 valence electrons. The second-order valence-electron chi connectivity index (χ2n) is 7.13. The van der Waals surface area contributed by atoms with E-state index in [4.69, 9.17) is 4.74 Å². The lowest BCUT2D eigenvalue weighted by atomic mass is 9.93. The van der Waals surface area contributed by atoms with Gasteiger partial charge in [0.05, 0.1) is 24.1 Å². The Bertz CT molecular complexity index is 1130. The van der Waals surface area contributed by atoms with Crippen molar-refractivity contribution in [3.05, 3.63) is 59.5 Å². The van der Waals surface area contributed by atoms with Gasteiger partial charge in [-0.25, -0.2) is 0 Å². The Kier molecular flexibility index (Phi) is 5.53. The number of aromatic nitrogens is 3. The minimum absolute atomic E-state index is 0.0191. The number of carbonyl (C=O) groups excluding carboxylic acids is 1. The second kappa shape index (κ2) is 8.41. The Hall–Kier alpha value is -3.25. The van der Waals surface area contributed by atoms with E-state index >= 15 is 0 Å². The average Bonchev–Trinajstić information content (AvgIpc) is 3.19. The number of nitrogens with zero attached hydrogens (tertiary/aromatic N) is 3. The number of hydrogen-bond donors (Lipinski definition) is 1. The van der Waals surface area contributed by atoms with Crippen molar-refractivity contribution in [3.63, 3.8) is 0 Å². The van der Waals surface area contributed by atoms with E-state index < -0.39 is 0 Å². The predicted molar refractivity (Wildman–Crippen MR) is 113 cm³/mol. The minimum Gasteiger partial charge on any atom is -0.383 e. The monoisotopic (exact) mass is 388 g/mol. The molecule has 0 spiro atoms. The van der Waals surface area contributed by atoms with Crippen molar-refractivity contribution >= 4 is 18.1 Å². The van der Waals surface area contributed by atoms with Crippen LogP contribution in [0.5, 0.6) is 0 Å². The maximum atomic E-state index is 12.5. The molecular weight excluding hydrogens is 364 g/mol. The van der Waals surface area contributed by atoms with Gasteiger partial charge in [-0.3, -0.25) is 14.5 Å². The topological polar surface area (TPSA) is 69.0 Å². The first-order valence-corrected chi connectivity index (χ1v) is 9.69. The summed E-state index contributed by atoms with van der Waals surface area (Å²) in [6.45, 7) is 1.02. The zero-order valence-corrected chi connectivity index (χ0v) is 16.6. The van der Waals surface area contributed by atoms with Gasteiger partial charge in [0.2, 0.25) is 5.91 Å². The number of fused-ring (bicyclic) bond motifs is 1. The van der Waals surface area contributed by atoms with Crippen LogP contribution in [-0.2, 0) is 16.6 Å². The van der Waals surface area contributed by atoms with Crippen LogP contribution >= 0.6 is 0 Å². The van der Waals surface area contributed by atoms with Crippen molar-refractivity contribution < 1.29 is 9.53 Å². The molecular formula is C23H24N4O2. The maximum Gasteiger partial charge on any atom is 0.227 e. The molecule has 0 radical (unpaired) electrons. The van der Waals surface area contributed by atoms with E-state index in [1.165, 1.54) is 0 Å². The van der Waals surface area contributed by atoms with Crippen molar-refractivity contribution in [2.24, 2.45) is 13.0 Å². The summed E-state index contributed by atoms with van der Waals surface area (Å²) in [5.74, 6) is -0.178. The lowest BCUT2D eigenvalue weighted by Gasteiger charge is -2.15. The number of aryl methyl sites for hydroxylation is 1. The summed E-state index contributed by atoms with van der Waals surface area (Å²) in [4.78, 5) is 17.0. The molecule has 1 unspecified atom stereocenters. The van der Waals surface area contributed by atoms with E-state index in [1.807, 2.05) is 43.9 Å². The molecule has 4 rings (SSSR count). The van der Waals surface area contributed by atoms with Crippen molar-refractivity contribution in [2.75, 3.05) is 20.3 Å². The molecule has 29 heavy (non-hydrogen) atoms. The minimum atomic E-state index is -0.197. The number of methoxy groups -OCH3 is 1. The van der Waals surface area contributed by atoms with E-state index in [2.05, 4.69) is 39.7 Å². The van der Waals surface area contributed by atoms with Gasteiger partial charge in [-0.15, -0.1) is 0 Å². The van der Waals surface area contributed by atoms with Crippen molar-refractivity contribution in [1.82, 2.24) is 20.1 Å². The summed E-state index contributed by atoms with van der Waals surface area (Å²) in [7, 11) is 3.54. The van der Waals surface area contributed by atoms with Gasteiger partial charge in [-0.2, -0.15) is 5.10 Å². The zero-order chi connectivity index (χ0) is 20.2. The first-order chi connectivity index (χ1) is 14.2. The highest BCUT2D eigenvalue weighted by molar-refractivity contribution is 5.86. The van der Waals surface area contributed by atoms with Gasteiger partial charge in [0, 0.05) is 43.9 Å². The first-order valence-electron chi connectivity index (χ1n) is 9.69. The van der Waals surface area contributed by atoms with Crippen LogP contribution in [0.15, 0.2) is 48.9 Å². The molecule has 2 aromatic heterocycles. The highest BCUT2D eigenvalue weighted by Gasteiger charge is 2.18. The lowest BCUT2D eigenvalue weighted by Crippen LogP contribution is -2.39. The van der Waals surface area contributed by atoms with E-state index in [9.17, 15) is 4.79 Å². The summed E-state index contributed by atoms with van der Waals surface area (Å²) < 4.78 is 6.80. The smallest absolute Gasteiger partial charge is 0.227 e. The van der Waals surface area contributed by atoms with Crippen molar-refractivity contribution in [3.8, 4) is 22.3 Å². The number of carbonyl (C=O) groups is 1. The number of pyridine rings is 1. The largest absolute Gasteiger partial charge is 0.383 e. The number of amides is 1. The zero-order valence-electron chi connectivity index (χ0n) is 16.6. The highest BCUT2D eigenvalue weighted by Crippen LogP contribution is 2.23. The van der Waals surface area contributed by atoms with Crippen LogP contribution in [-0.4, -0.2) is 40.9 Å². The fraction of sp³-hybridized carbons (Fsp3) is 0.261. The predicted octanol–water partition coefficient (Wildman–Crippen LogP) is 1.49. The van der Waals surface area contributed by atoms with Crippen LogP contribution in [0.2, 0.25) is 0 Å². The van der Waals surface area contributed by atoms with Crippen molar-refractivity contribution in [2.45, 2.75) is 6.42 Å². The fourth-order valence-corrected chi connectivity index (χ4v) is 3.59. The average molecular weight is 388 g/mol. The van der Waals surface area contributed by atoms with Crippen LogP contribution in [0.1, 0.15) is 6.42 Å². The fourth-order valence-electron chi connectivity index (χ4n) is 3.59. The lowest BCUT2D eigenvalue weighted by molar-refractivity contribution is -0.123. The summed E-state index contributed by atoms with van der Waals surface area (Å²) >= 11 is 0. The summed E-state index contributed by atoms with van der Waals surface area (Å²) in [5, 5.41) is 9.11. The third-order valence-electron chi connectivity index (χ3n) is 5.13. The molecule has 1 N–H and O–H groups in total. The molecule has 3 aromatic rings. The number of nitrogens with one attached hydrogen (secondary N) is 1.